The molecule has 21 heavy (non-hydrogen) atoms. The normalized spacial score (nSPS) is 17.8. The predicted octanol–water partition coefficient (Wildman–Crippen LogP) is 5.50. The Labute approximate surface area is 130 Å². The maximum absolute atomic E-state index is 3.91. The van der Waals surface area contributed by atoms with Crippen LogP contribution in [0.25, 0.3) is 0 Å². The number of hydrogen-bond acceptors (Lipinski definition) is 1. The molecule has 1 aromatic rings. The second-order valence-electron chi connectivity index (χ2n) is 5.44. The lowest BCUT2D eigenvalue weighted by Gasteiger charge is -2.27. The zero-order valence-electron chi connectivity index (χ0n) is 13.9. The van der Waals surface area contributed by atoms with Crippen molar-refractivity contribution in [2.45, 2.75) is 46.1 Å². The Kier molecular flexibility index (Phi) is 7.60. The molecule has 0 bridgehead atoms. The van der Waals surface area contributed by atoms with Crippen LogP contribution < -0.4 is 0 Å². The molecule has 1 aromatic carbocycles. The summed E-state index contributed by atoms with van der Waals surface area (Å²) in [7, 11) is 2.11. The molecular weight excluding hydrogens is 254 g/mol. The van der Waals surface area contributed by atoms with Crippen LogP contribution >= 0.6 is 0 Å². The third kappa shape index (κ3) is 4.93. The van der Waals surface area contributed by atoms with E-state index in [9.17, 15) is 0 Å². The topological polar surface area (TPSA) is 3.24 Å². The van der Waals surface area contributed by atoms with Crippen LogP contribution in [0.4, 0.5) is 0 Å². The molecule has 1 heteroatoms. The average molecular weight is 283 g/mol. The van der Waals surface area contributed by atoms with Crippen LogP contribution in [0.1, 0.15) is 44.2 Å². The highest BCUT2D eigenvalue weighted by Gasteiger charge is 2.13. The minimum atomic E-state index is 0.939. The summed E-state index contributed by atoms with van der Waals surface area (Å²) in [4.78, 5) is 2.25. The molecule has 0 saturated heterocycles. The van der Waals surface area contributed by atoms with Crippen molar-refractivity contribution in [1.82, 2.24) is 4.90 Å². The van der Waals surface area contributed by atoms with Gasteiger partial charge in [-0.3, -0.25) is 0 Å². The quantitative estimate of drug-likeness (QED) is 0.708. The number of nitrogens with zero attached hydrogens (tertiary/aromatic N) is 1. The lowest BCUT2D eigenvalue weighted by molar-refractivity contribution is 0.414. The van der Waals surface area contributed by atoms with Gasteiger partial charge in [0.1, 0.15) is 0 Å². The van der Waals surface area contributed by atoms with Crippen LogP contribution in [0.15, 0.2) is 60.8 Å². The van der Waals surface area contributed by atoms with Gasteiger partial charge in [0, 0.05) is 19.3 Å². The monoisotopic (exact) mass is 283 g/mol. The van der Waals surface area contributed by atoms with Gasteiger partial charge in [-0.05, 0) is 35.6 Å². The highest BCUT2D eigenvalue weighted by atomic mass is 15.1. The Morgan fingerprint density at radius 1 is 1.00 bits per heavy atom. The van der Waals surface area contributed by atoms with Crippen LogP contribution in [-0.2, 0) is 13.0 Å². The Morgan fingerprint density at radius 2 is 1.62 bits per heavy atom. The van der Waals surface area contributed by atoms with Crippen LogP contribution in [0.5, 0.6) is 0 Å². The minimum Gasteiger partial charge on any atom is -0.370 e. The fraction of sp³-hybridized carbons (Fsp3) is 0.400. The van der Waals surface area contributed by atoms with Crippen molar-refractivity contribution in [2.75, 3.05) is 7.05 Å². The largest absolute Gasteiger partial charge is 0.370 e. The molecule has 0 N–H and O–H groups in total. The van der Waals surface area contributed by atoms with Gasteiger partial charge < -0.3 is 4.90 Å². The number of benzene rings is 1. The third-order valence-electron chi connectivity index (χ3n) is 3.87. The summed E-state index contributed by atoms with van der Waals surface area (Å²) < 4.78 is 0. The van der Waals surface area contributed by atoms with E-state index in [4.69, 9.17) is 0 Å². The summed E-state index contributed by atoms with van der Waals surface area (Å²) in [5.74, 6) is 0. The van der Waals surface area contributed by atoms with Crippen LogP contribution in [-0.4, -0.2) is 11.9 Å². The smallest absolute Gasteiger partial charge is 0.0429 e. The molecule has 0 spiro atoms. The maximum atomic E-state index is 3.91. The molecule has 0 saturated carbocycles. The van der Waals surface area contributed by atoms with E-state index in [0.717, 1.165) is 19.4 Å². The molecular formula is C20H29N. The van der Waals surface area contributed by atoms with Gasteiger partial charge >= 0.3 is 0 Å². The molecule has 1 nitrogen and oxygen atoms in total. The molecule has 1 aliphatic rings. The molecule has 114 valence electrons. The van der Waals surface area contributed by atoms with Crippen molar-refractivity contribution >= 4 is 0 Å². The summed E-state index contributed by atoms with van der Waals surface area (Å²) in [5.41, 5.74) is 5.35. The van der Waals surface area contributed by atoms with E-state index in [1.54, 1.807) is 0 Å². The Morgan fingerprint density at radius 3 is 2.14 bits per heavy atom. The van der Waals surface area contributed by atoms with Crippen molar-refractivity contribution in [3.63, 3.8) is 0 Å². The Hall–Kier alpha value is -1.76. The summed E-state index contributed by atoms with van der Waals surface area (Å²) in [6, 6.07) is 8.67. The van der Waals surface area contributed by atoms with E-state index >= 15 is 0 Å². The summed E-state index contributed by atoms with van der Waals surface area (Å²) >= 11 is 0. The van der Waals surface area contributed by atoms with E-state index in [1.807, 2.05) is 12.2 Å². The molecule has 2 rings (SSSR count). The van der Waals surface area contributed by atoms with Crippen molar-refractivity contribution in [1.29, 1.82) is 0 Å². The van der Waals surface area contributed by atoms with Gasteiger partial charge in [-0.25, -0.2) is 0 Å². The lowest BCUT2D eigenvalue weighted by Crippen LogP contribution is -2.20. The molecule has 0 radical (unpaired) electrons. The first-order valence-corrected chi connectivity index (χ1v) is 7.93. The van der Waals surface area contributed by atoms with E-state index in [1.165, 1.54) is 35.2 Å². The number of allylic oxidation sites excluding steroid dienone is 3. The van der Waals surface area contributed by atoms with Gasteiger partial charge in [-0.1, -0.05) is 70.2 Å². The van der Waals surface area contributed by atoms with Crippen molar-refractivity contribution < 1.29 is 0 Å². The maximum Gasteiger partial charge on any atom is 0.0429 e. The van der Waals surface area contributed by atoms with E-state index in [2.05, 4.69) is 63.2 Å². The van der Waals surface area contributed by atoms with Crippen molar-refractivity contribution in [3.8, 4) is 0 Å². The van der Waals surface area contributed by atoms with E-state index < -0.39 is 0 Å². The summed E-state index contributed by atoms with van der Waals surface area (Å²) in [6.45, 7) is 13.1. The highest BCUT2D eigenvalue weighted by Crippen LogP contribution is 2.24. The Balaban J connectivity index is 0.000000491. The zero-order chi connectivity index (χ0) is 15.7. The molecule has 1 aliphatic heterocycles. The number of rotatable bonds is 3. The molecule has 0 fully saturated rings. The first kappa shape index (κ1) is 17.3. The van der Waals surface area contributed by atoms with Crippen molar-refractivity contribution in [2.24, 2.45) is 0 Å². The lowest BCUT2D eigenvalue weighted by atomic mass is 9.96. The fourth-order valence-corrected chi connectivity index (χ4v) is 2.43. The second kappa shape index (κ2) is 9.23. The number of aryl methyl sites for hydroxylation is 1. The first-order valence-electron chi connectivity index (χ1n) is 7.93. The van der Waals surface area contributed by atoms with Gasteiger partial charge in [0.25, 0.3) is 0 Å². The molecule has 0 aliphatic carbocycles. The standard InChI is InChI=1S/C16H19N.C4H10/c1-4-13-10-11-14-8-6-7-9-15(14)12-17(3)16(13)5-2;1-3-4-2/h4-9H,1-2,10-12H2,3H3;3-4H2,1-2H3/b16-13-;. The summed E-state index contributed by atoms with van der Waals surface area (Å²) in [6.07, 6.45) is 8.65. The highest BCUT2D eigenvalue weighted by molar-refractivity contribution is 5.36. The van der Waals surface area contributed by atoms with E-state index in [-0.39, 0.29) is 0 Å². The van der Waals surface area contributed by atoms with Gasteiger partial charge in [0.15, 0.2) is 0 Å². The Bertz CT molecular complexity index is 494. The van der Waals surface area contributed by atoms with Gasteiger partial charge in [0.2, 0.25) is 0 Å². The third-order valence-corrected chi connectivity index (χ3v) is 3.87. The van der Waals surface area contributed by atoms with Gasteiger partial charge in [0.05, 0.1) is 0 Å². The zero-order valence-corrected chi connectivity index (χ0v) is 13.9. The predicted molar refractivity (Wildman–Crippen MR) is 94.2 cm³/mol. The van der Waals surface area contributed by atoms with Gasteiger partial charge in [-0.15, -0.1) is 0 Å². The average Bonchev–Trinajstić information content (AvgIpc) is 2.51. The number of unbranched alkanes of at least 4 members (excludes halogenated alkanes) is 1. The SMILES string of the molecule is C=C/C1=C(\C=C)N(C)Cc2ccccc2CC1.CCCC. The first-order chi connectivity index (χ1) is 10.2. The molecule has 0 atom stereocenters. The van der Waals surface area contributed by atoms with Gasteiger partial charge in [-0.2, -0.15) is 0 Å². The van der Waals surface area contributed by atoms with Crippen LogP contribution in [0, 0.1) is 0 Å². The summed E-state index contributed by atoms with van der Waals surface area (Å²) in [5, 5.41) is 0. The molecule has 1 heterocycles. The molecule has 0 aromatic heterocycles. The number of hydrogen-bond donors (Lipinski definition) is 0. The van der Waals surface area contributed by atoms with Crippen molar-refractivity contribution in [3.05, 3.63) is 72.0 Å². The number of fused-ring (bicyclic) bond motifs is 1. The number of likely N-dealkylation sites (N-methyl/N-ethyl adjacent to an activating group) is 1. The van der Waals surface area contributed by atoms with E-state index in [0.29, 0.717) is 0 Å². The minimum absolute atomic E-state index is 0.939. The van der Waals surface area contributed by atoms with Crippen LogP contribution in [0.2, 0.25) is 0 Å². The fourth-order valence-electron chi connectivity index (χ4n) is 2.43. The molecule has 0 amide bonds. The second-order valence-corrected chi connectivity index (χ2v) is 5.44. The van der Waals surface area contributed by atoms with Crippen LogP contribution in [0.3, 0.4) is 0 Å². The molecule has 0 unspecified atom stereocenters.